The first kappa shape index (κ1) is 18.5. The highest BCUT2D eigenvalue weighted by Gasteiger charge is 2.41. The van der Waals surface area contributed by atoms with Gasteiger partial charge in [-0.05, 0) is 6.42 Å². The van der Waals surface area contributed by atoms with E-state index in [-0.39, 0.29) is 6.42 Å². The van der Waals surface area contributed by atoms with Crippen molar-refractivity contribution in [2.24, 2.45) is 11.7 Å². The number of nitrogens with one attached hydrogen (secondary N) is 1. The van der Waals surface area contributed by atoms with Crippen LogP contribution in [0.2, 0.25) is 0 Å². The third-order valence-corrected chi connectivity index (χ3v) is 3.49. The molecule has 126 valence electrons. The quantitative estimate of drug-likeness (QED) is 0.215. The van der Waals surface area contributed by atoms with Gasteiger partial charge in [-0.25, -0.2) is 5.48 Å². The average Bonchev–Trinajstić information content (AvgIpc) is 2.84. The summed E-state index contributed by atoms with van der Waals surface area (Å²) in [4.78, 5) is 59.7. The lowest BCUT2D eigenvalue weighted by Crippen LogP contribution is -2.50. The van der Waals surface area contributed by atoms with Crippen LogP contribution in [0.25, 0.3) is 0 Å². The molecule has 0 bridgehead atoms. The Kier molecular flexibility index (Phi) is 6.58. The van der Waals surface area contributed by atoms with Crippen LogP contribution in [0, 0.1) is 5.92 Å². The van der Waals surface area contributed by atoms with Gasteiger partial charge in [0.25, 0.3) is 17.7 Å². The van der Waals surface area contributed by atoms with Crippen LogP contribution < -0.4 is 11.2 Å². The molecule has 0 aliphatic carbocycles. The van der Waals surface area contributed by atoms with Gasteiger partial charge in [-0.15, -0.1) is 0 Å². The molecule has 9 nitrogen and oxygen atoms in total. The molecule has 4 N–H and O–H groups in total. The largest absolute Gasteiger partial charge is 0.370 e. The van der Waals surface area contributed by atoms with E-state index >= 15 is 0 Å². The van der Waals surface area contributed by atoms with Crippen molar-refractivity contribution in [3.63, 3.8) is 0 Å². The molecular weight excluding hydrogens is 306 g/mol. The van der Waals surface area contributed by atoms with Gasteiger partial charge >= 0.3 is 0 Å². The van der Waals surface area contributed by atoms with Gasteiger partial charge in [-0.2, -0.15) is 0 Å². The molecule has 4 amide bonds. The van der Waals surface area contributed by atoms with Crippen molar-refractivity contribution in [1.29, 1.82) is 0 Å². The van der Waals surface area contributed by atoms with E-state index in [4.69, 9.17) is 10.9 Å². The lowest BCUT2D eigenvalue weighted by molar-refractivity contribution is -0.151. The van der Waals surface area contributed by atoms with Crippen LogP contribution in [-0.2, 0) is 24.0 Å². The van der Waals surface area contributed by atoms with E-state index in [9.17, 15) is 24.0 Å². The first-order valence-electron chi connectivity index (χ1n) is 7.14. The number of nitrogens with zero attached hydrogens (tertiary/aromatic N) is 1. The van der Waals surface area contributed by atoms with Crippen LogP contribution in [0.1, 0.15) is 32.6 Å². The van der Waals surface area contributed by atoms with Crippen LogP contribution in [0.3, 0.4) is 0 Å². The Balaban J connectivity index is 3.10. The Hall–Kier alpha value is -2.55. The number of unbranched alkanes of at least 4 members (excludes halogenated alkanes) is 1. The highest BCUT2D eigenvalue weighted by molar-refractivity contribution is 6.17. The van der Waals surface area contributed by atoms with Crippen molar-refractivity contribution in [2.75, 3.05) is 0 Å². The highest BCUT2D eigenvalue weighted by Crippen LogP contribution is 2.20. The number of hydroxylamine groups is 1. The zero-order valence-electron chi connectivity index (χ0n) is 12.7. The second-order valence-electron chi connectivity index (χ2n) is 5.14. The maximum atomic E-state index is 12.6. The van der Waals surface area contributed by atoms with Crippen LogP contribution in [0.15, 0.2) is 12.2 Å². The van der Waals surface area contributed by atoms with E-state index in [0.717, 1.165) is 17.1 Å². The minimum Gasteiger partial charge on any atom is -0.370 e. The van der Waals surface area contributed by atoms with Crippen LogP contribution in [0.5, 0.6) is 0 Å². The Morgan fingerprint density at radius 1 is 1.26 bits per heavy atom. The molecule has 9 heteroatoms. The summed E-state index contributed by atoms with van der Waals surface area (Å²) in [5.41, 5.74) is 6.32. The average molecular weight is 325 g/mol. The van der Waals surface area contributed by atoms with Gasteiger partial charge in [0.2, 0.25) is 5.91 Å². The fourth-order valence-corrected chi connectivity index (χ4v) is 2.35. The predicted octanol–water partition coefficient (Wildman–Crippen LogP) is -0.964. The first-order valence-corrected chi connectivity index (χ1v) is 7.14. The van der Waals surface area contributed by atoms with Gasteiger partial charge in [-0.3, -0.25) is 34.1 Å². The maximum Gasteiger partial charge on any atom is 0.254 e. The van der Waals surface area contributed by atoms with E-state index in [2.05, 4.69) is 0 Å². The summed E-state index contributed by atoms with van der Waals surface area (Å²) in [5.74, 6) is -5.73. The number of nitrogens with two attached hydrogens (primary N) is 1. The summed E-state index contributed by atoms with van der Waals surface area (Å²) < 4.78 is 0. The summed E-state index contributed by atoms with van der Waals surface area (Å²) in [5, 5.41) is 8.73. The Morgan fingerprint density at radius 3 is 2.26 bits per heavy atom. The van der Waals surface area contributed by atoms with Gasteiger partial charge in [0.15, 0.2) is 5.78 Å². The molecular formula is C14H19N3O6. The molecule has 1 aliphatic heterocycles. The van der Waals surface area contributed by atoms with E-state index in [1.54, 1.807) is 0 Å². The Bertz CT molecular complexity index is 539. The zero-order valence-corrected chi connectivity index (χ0v) is 12.7. The molecule has 0 aromatic carbocycles. The number of ketones is 1. The summed E-state index contributed by atoms with van der Waals surface area (Å²) in [6.45, 7) is 1.86. The topological polar surface area (TPSA) is 147 Å². The van der Waals surface area contributed by atoms with Gasteiger partial charge in [0.05, 0.1) is 6.04 Å². The predicted molar refractivity (Wildman–Crippen MR) is 76.5 cm³/mol. The van der Waals surface area contributed by atoms with Crippen molar-refractivity contribution in [1.82, 2.24) is 10.4 Å². The number of rotatable bonds is 9. The smallest absolute Gasteiger partial charge is 0.254 e. The number of imide groups is 1. The summed E-state index contributed by atoms with van der Waals surface area (Å²) >= 11 is 0. The molecule has 1 rings (SSSR count). The lowest BCUT2D eigenvalue weighted by Gasteiger charge is -2.27. The molecule has 0 radical (unpaired) electrons. The number of hydrogen-bond acceptors (Lipinski definition) is 6. The van der Waals surface area contributed by atoms with Crippen molar-refractivity contribution in [3.05, 3.63) is 12.2 Å². The van der Waals surface area contributed by atoms with Crippen molar-refractivity contribution >= 4 is 29.4 Å². The molecule has 1 heterocycles. The third-order valence-electron chi connectivity index (χ3n) is 3.49. The molecule has 2 unspecified atom stereocenters. The maximum absolute atomic E-state index is 12.6. The van der Waals surface area contributed by atoms with Crippen LogP contribution >= 0.6 is 0 Å². The van der Waals surface area contributed by atoms with Gasteiger partial charge in [-0.1, -0.05) is 19.8 Å². The molecule has 23 heavy (non-hydrogen) atoms. The van der Waals surface area contributed by atoms with Crippen LogP contribution in [-0.4, -0.2) is 45.6 Å². The minimum atomic E-state index is -1.57. The summed E-state index contributed by atoms with van der Waals surface area (Å²) in [6.07, 6.45) is 2.81. The monoisotopic (exact) mass is 325 g/mol. The lowest BCUT2D eigenvalue weighted by atomic mass is 9.90. The molecule has 0 saturated carbocycles. The number of carbonyl (C=O) groups excluding carboxylic acids is 5. The summed E-state index contributed by atoms with van der Waals surface area (Å²) in [7, 11) is 0. The molecule has 0 saturated heterocycles. The molecule has 0 fully saturated rings. The minimum absolute atomic E-state index is 0.155. The fourth-order valence-electron chi connectivity index (χ4n) is 2.35. The number of amides is 4. The SMILES string of the molecule is CCCCC(C(=O)C(CC(N)=O)C(=O)NO)N1C(=O)C=CC1=O. The second kappa shape index (κ2) is 8.18. The highest BCUT2D eigenvalue weighted by atomic mass is 16.5. The Morgan fingerprint density at radius 2 is 1.83 bits per heavy atom. The third kappa shape index (κ3) is 4.46. The number of Topliss-reactive ketones (excluding diaryl/α,β-unsaturated/α-hetero) is 1. The normalized spacial score (nSPS) is 16.3. The van der Waals surface area contributed by atoms with Gasteiger partial charge in [0.1, 0.15) is 5.92 Å². The number of primary amides is 1. The number of carbonyl (C=O) groups is 5. The molecule has 0 aromatic rings. The van der Waals surface area contributed by atoms with E-state index in [0.29, 0.717) is 12.8 Å². The van der Waals surface area contributed by atoms with Crippen LogP contribution in [0.4, 0.5) is 0 Å². The Labute approximate surface area is 132 Å². The van der Waals surface area contributed by atoms with Crippen molar-refractivity contribution in [2.45, 2.75) is 38.6 Å². The first-order chi connectivity index (χ1) is 10.8. The number of hydrogen-bond donors (Lipinski definition) is 3. The van der Waals surface area contributed by atoms with Crippen molar-refractivity contribution in [3.8, 4) is 0 Å². The molecule has 1 aliphatic rings. The summed E-state index contributed by atoms with van der Waals surface area (Å²) in [6, 6.07) is -1.19. The van der Waals surface area contributed by atoms with E-state index in [1.165, 1.54) is 5.48 Å². The van der Waals surface area contributed by atoms with Gasteiger partial charge < -0.3 is 5.73 Å². The second-order valence-corrected chi connectivity index (χ2v) is 5.14. The molecule has 0 aromatic heterocycles. The molecule has 0 spiro atoms. The fraction of sp³-hybridized carbons (Fsp3) is 0.500. The van der Waals surface area contributed by atoms with E-state index in [1.807, 2.05) is 6.92 Å². The zero-order chi connectivity index (χ0) is 17.6. The van der Waals surface area contributed by atoms with Gasteiger partial charge in [0, 0.05) is 18.6 Å². The molecule has 2 atom stereocenters. The van der Waals surface area contributed by atoms with E-state index < -0.39 is 47.8 Å². The van der Waals surface area contributed by atoms with Crippen molar-refractivity contribution < 1.29 is 29.2 Å². The standard InChI is InChI=1S/C14H19N3O6/c1-2-3-4-9(17-11(19)5-6-12(17)20)13(21)8(7-10(15)18)14(22)16-23/h5-6,8-9,23H,2-4,7H2,1H3,(H2,15,18)(H,16,22).